The Morgan fingerprint density at radius 1 is 1.28 bits per heavy atom. The first-order valence-corrected chi connectivity index (χ1v) is 8.85. The summed E-state index contributed by atoms with van der Waals surface area (Å²) < 4.78 is 19.0. The molecule has 2 aliphatic rings. The SMILES string of the molecule is Cc1nn(C)c(C)c1[C@@H]1OCC[C@H]1CNCc1cccc2c1OCO2. The molecule has 2 aliphatic heterocycles. The van der Waals surface area contributed by atoms with Crippen molar-refractivity contribution in [3.05, 3.63) is 40.7 Å². The molecule has 1 saturated heterocycles. The topological polar surface area (TPSA) is 57.5 Å². The van der Waals surface area contributed by atoms with E-state index in [1.165, 1.54) is 11.3 Å². The summed E-state index contributed by atoms with van der Waals surface area (Å²) in [6, 6.07) is 6.04. The number of aromatic nitrogens is 2. The Labute approximate surface area is 148 Å². The summed E-state index contributed by atoms with van der Waals surface area (Å²) in [6.45, 7) is 6.97. The maximum Gasteiger partial charge on any atom is 0.231 e. The normalized spacial score (nSPS) is 21.9. The van der Waals surface area contributed by atoms with E-state index < -0.39 is 0 Å². The molecule has 2 aromatic rings. The Hall–Kier alpha value is -2.05. The fourth-order valence-electron chi connectivity index (χ4n) is 3.89. The average Bonchev–Trinajstić information content (AvgIpc) is 3.29. The van der Waals surface area contributed by atoms with Gasteiger partial charge in [-0.1, -0.05) is 12.1 Å². The molecule has 1 aromatic carbocycles. The molecule has 0 aliphatic carbocycles. The Kier molecular flexibility index (Phi) is 4.39. The highest BCUT2D eigenvalue weighted by Gasteiger charge is 2.33. The first-order chi connectivity index (χ1) is 12.1. The Balaban J connectivity index is 1.42. The third-order valence-corrected chi connectivity index (χ3v) is 5.26. The van der Waals surface area contributed by atoms with Crippen LogP contribution in [-0.4, -0.2) is 29.7 Å². The first-order valence-electron chi connectivity index (χ1n) is 8.85. The number of fused-ring (bicyclic) bond motifs is 1. The first kappa shape index (κ1) is 16.4. The number of para-hydroxylation sites is 1. The molecule has 1 aromatic heterocycles. The van der Waals surface area contributed by atoms with E-state index in [-0.39, 0.29) is 6.10 Å². The van der Waals surface area contributed by atoms with Crippen LogP contribution < -0.4 is 14.8 Å². The van der Waals surface area contributed by atoms with Gasteiger partial charge in [0, 0.05) is 49.5 Å². The molecular formula is C19H25N3O3. The largest absolute Gasteiger partial charge is 0.454 e. The van der Waals surface area contributed by atoms with Crippen LogP contribution >= 0.6 is 0 Å². The van der Waals surface area contributed by atoms with Gasteiger partial charge >= 0.3 is 0 Å². The van der Waals surface area contributed by atoms with Crippen molar-refractivity contribution >= 4 is 0 Å². The Morgan fingerprint density at radius 3 is 2.96 bits per heavy atom. The van der Waals surface area contributed by atoms with Crippen LogP contribution in [0.15, 0.2) is 18.2 Å². The highest BCUT2D eigenvalue weighted by Crippen LogP contribution is 2.38. The second kappa shape index (κ2) is 6.69. The fraction of sp³-hybridized carbons (Fsp3) is 0.526. The van der Waals surface area contributed by atoms with Gasteiger partial charge in [-0.05, 0) is 26.3 Å². The minimum absolute atomic E-state index is 0.127. The van der Waals surface area contributed by atoms with Crippen molar-refractivity contribution in [2.24, 2.45) is 13.0 Å². The monoisotopic (exact) mass is 343 g/mol. The number of aryl methyl sites for hydroxylation is 2. The number of rotatable bonds is 5. The van der Waals surface area contributed by atoms with Gasteiger partial charge in [0.1, 0.15) is 0 Å². The lowest BCUT2D eigenvalue weighted by atomic mass is 9.94. The molecule has 0 unspecified atom stereocenters. The Bertz CT molecular complexity index is 772. The quantitative estimate of drug-likeness (QED) is 0.904. The van der Waals surface area contributed by atoms with Crippen molar-refractivity contribution < 1.29 is 14.2 Å². The molecule has 0 bridgehead atoms. The summed E-state index contributed by atoms with van der Waals surface area (Å²) in [5, 5.41) is 8.12. The van der Waals surface area contributed by atoms with Crippen LogP contribution in [0.25, 0.3) is 0 Å². The molecule has 4 rings (SSSR count). The van der Waals surface area contributed by atoms with Crippen LogP contribution in [0.4, 0.5) is 0 Å². The number of nitrogens with zero attached hydrogens (tertiary/aromatic N) is 2. The van der Waals surface area contributed by atoms with Crippen LogP contribution in [0.1, 0.15) is 35.0 Å². The van der Waals surface area contributed by atoms with E-state index in [1.54, 1.807) is 0 Å². The fourth-order valence-corrected chi connectivity index (χ4v) is 3.89. The van der Waals surface area contributed by atoms with Crippen LogP contribution in [0.2, 0.25) is 0 Å². The zero-order chi connectivity index (χ0) is 17.4. The van der Waals surface area contributed by atoms with Crippen molar-refractivity contribution in [3.8, 4) is 11.5 Å². The standard InChI is InChI=1S/C19H25N3O3/c1-12-17(13(2)22(3)21-12)19-15(7-8-23-19)10-20-9-14-5-4-6-16-18(14)25-11-24-16/h4-6,15,19-20H,7-11H2,1-3H3/t15-,19+/m0/s1. The lowest BCUT2D eigenvalue weighted by Crippen LogP contribution is -2.25. The van der Waals surface area contributed by atoms with Crippen molar-refractivity contribution in [2.45, 2.75) is 32.9 Å². The van der Waals surface area contributed by atoms with Gasteiger partial charge in [-0.2, -0.15) is 5.10 Å². The maximum absolute atomic E-state index is 6.07. The summed E-state index contributed by atoms with van der Waals surface area (Å²) in [5.74, 6) is 2.16. The molecule has 3 heterocycles. The summed E-state index contributed by atoms with van der Waals surface area (Å²) in [4.78, 5) is 0. The number of hydrogen-bond donors (Lipinski definition) is 1. The predicted octanol–water partition coefficient (Wildman–Crippen LogP) is 2.63. The highest BCUT2D eigenvalue weighted by atomic mass is 16.7. The molecule has 2 atom stereocenters. The van der Waals surface area contributed by atoms with Crippen molar-refractivity contribution in [1.29, 1.82) is 0 Å². The lowest BCUT2D eigenvalue weighted by molar-refractivity contribution is 0.0893. The summed E-state index contributed by atoms with van der Waals surface area (Å²) in [7, 11) is 1.99. The molecule has 0 spiro atoms. The second-order valence-corrected chi connectivity index (χ2v) is 6.83. The van der Waals surface area contributed by atoms with E-state index in [9.17, 15) is 0 Å². The molecule has 6 heteroatoms. The van der Waals surface area contributed by atoms with Crippen LogP contribution in [0.3, 0.4) is 0 Å². The maximum atomic E-state index is 6.07. The third-order valence-electron chi connectivity index (χ3n) is 5.26. The van der Waals surface area contributed by atoms with Crippen molar-refractivity contribution in [1.82, 2.24) is 15.1 Å². The molecule has 6 nitrogen and oxygen atoms in total. The minimum atomic E-state index is 0.127. The highest BCUT2D eigenvalue weighted by molar-refractivity contribution is 5.48. The second-order valence-electron chi connectivity index (χ2n) is 6.83. The van der Waals surface area contributed by atoms with Crippen LogP contribution in [0.5, 0.6) is 11.5 Å². The lowest BCUT2D eigenvalue weighted by Gasteiger charge is -2.20. The zero-order valence-electron chi connectivity index (χ0n) is 15.0. The third kappa shape index (κ3) is 3.00. The van der Waals surface area contributed by atoms with Gasteiger partial charge in [0.15, 0.2) is 11.5 Å². The molecule has 0 saturated carbocycles. The zero-order valence-corrected chi connectivity index (χ0v) is 15.0. The molecule has 1 N–H and O–H groups in total. The van der Waals surface area contributed by atoms with Gasteiger partial charge in [-0.15, -0.1) is 0 Å². The van der Waals surface area contributed by atoms with Crippen molar-refractivity contribution in [2.75, 3.05) is 19.9 Å². The van der Waals surface area contributed by atoms with Gasteiger partial charge < -0.3 is 19.5 Å². The summed E-state index contributed by atoms with van der Waals surface area (Å²) >= 11 is 0. The Morgan fingerprint density at radius 2 is 2.16 bits per heavy atom. The number of benzene rings is 1. The van der Waals surface area contributed by atoms with Crippen LogP contribution in [0, 0.1) is 19.8 Å². The van der Waals surface area contributed by atoms with Gasteiger partial charge in [-0.3, -0.25) is 4.68 Å². The van der Waals surface area contributed by atoms with Gasteiger partial charge in [0.25, 0.3) is 0 Å². The predicted molar refractivity (Wildman–Crippen MR) is 93.8 cm³/mol. The van der Waals surface area contributed by atoms with E-state index in [0.29, 0.717) is 12.7 Å². The molecule has 134 valence electrons. The van der Waals surface area contributed by atoms with E-state index in [0.717, 1.165) is 48.9 Å². The molecule has 1 fully saturated rings. The molecule has 25 heavy (non-hydrogen) atoms. The van der Waals surface area contributed by atoms with E-state index in [4.69, 9.17) is 14.2 Å². The number of ether oxygens (including phenoxy) is 3. The van der Waals surface area contributed by atoms with E-state index in [1.807, 2.05) is 23.9 Å². The van der Waals surface area contributed by atoms with Gasteiger partial charge in [0.2, 0.25) is 6.79 Å². The van der Waals surface area contributed by atoms with Gasteiger partial charge in [-0.25, -0.2) is 0 Å². The average molecular weight is 343 g/mol. The number of nitrogens with one attached hydrogen (secondary N) is 1. The summed E-state index contributed by atoms with van der Waals surface area (Å²) in [6.07, 6.45) is 1.19. The minimum Gasteiger partial charge on any atom is -0.454 e. The molecule has 0 amide bonds. The van der Waals surface area contributed by atoms with Crippen LogP contribution in [-0.2, 0) is 18.3 Å². The van der Waals surface area contributed by atoms with E-state index in [2.05, 4.69) is 30.3 Å². The number of hydrogen-bond acceptors (Lipinski definition) is 5. The van der Waals surface area contributed by atoms with Gasteiger partial charge in [0.05, 0.1) is 11.8 Å². The van der Waals surface area contributed by atoms with Crippen molar-refractivity contribution in [3.63, 3.8) is 0 Å². The summed E-state index contributed by atoms with van der Waals surface area (Å²) in [5.41, 5.74) is 4.66. The smallest absolute Gasteiger partial charge is 0.231 e. The molecule has 0 radical (unpaired) electrons. The molecular weight excluding hydrogens is 318 g/mol. The van der Waals surface area contributed by atoms with E-state index >= 15 is 0 Å².